The molecule has 0 bridgehead atoms. The van der Waals surface area contributed by atoms with Gasteiger partial charge < -0.3 is 14.8 Å². The summed E-state index contributed by atoms with van der Waals surface area (Å²) in [6, 6.07) is 4.83. The molecule has 0 aliphatic carbocycles. The van der Waals surface area contributed by atoms with Crippen LogP contribution in [0.3, 0.4) is 0 Å². The van der Waals surface area contributed by atoms with Gasteiger partial charge in [-0.1, -0.05) is 31.9 Å². The number of β-amino-alcohol motifs (C(OH)–C–C–N with tert-alkyl or cyclic N) is 1. The Kier molecular flexibility index (Phi) is 8.87. The van der Waals surface area contributed by atoms with Crippen LogP contribution in [0.25, 0.3) is 0 Å². The largest absolute Gasteiger partial charge is 0.447 e. The molecular weight excluding hydrogens is 437 g/mol. The van der Waals surface area contributed by atoms with Crippen molar-refractivity contribution in [3.8, 4) is 0 Å². The highest BCUT2D eigenvalue weighted by Gasteiger charge is 2.30. The lowest BCUT2D eigenvalue weighted by Crippen LogP contribution is -2.48. The third kappa shape index (κ3) is 7.83. The van der Waals surface area contributed by atoms with Gasteiger partial charge in [0.1, 0.15) is 6.26 Å². The van der Waals surface area contributed by atoms with E-state index in [1.54, 1.807) is 0 Å². The Balaban J connectivity index is 1.43. The predicted octanol–water partition coefficient (Wildman–Crippen LogP) is 3.29. The lowest BCUT2D eigenvalue weighted by Gasteiger charge is -2.35. The minimum absolute atomic E-state index is 0.0446. The summed E-state index contributed by atoms with van der Waals surface area (Å²) < 4.78 is 43.9. The molecule has 1 saturated heterocycles. The van der Waals surface area contributed by atoms with E-state index in [0.717, 1.165) is 57.6 Å². The number of unbranched alkanes of at least 4 members (excludes halogenated alkanes) is 1. The second-order valence-corrected chi connectivity index (χ2v) is 8.38. The molecule has 0 radical (unpaired) electrons. The molecule has 1 aromatic carbocycles. The number of alkyl halides is 3. The minimum Gasteiger partial charge on any atom is -0.447 e. The van der Waals surface area contributed by atoms with Crippen LogP contribution in [-0.4, -0.2) is 64.6 Å². The normalized spacial score (nSPS) is 16.6. The van der Waals surface area contributed by atoms with E-state index >= 15 is 0 Å². The number of amides is 1. The van der Waals surface area contributed by atoms with Gasteiger partial charge in [0.05, 0.1) is 18.2 Å². The molecule has 0 saturated carbocycles. The lowest BCUT2D eigenvalue weighted by atomic mass is 10.1. The van der Waals surface area contributed by atoms with Crippen molar-refractivity contribution in [1.82, 2.24) is 20.1 Å². The van der Waals surface area contributed by atoms with Crippen LogP contribution < -0.4 is 5.32 Å². The van der Waals surface area contributed by atoms with E-state index < -0.39 is 17.6 Å². The van der Waals surface area contributed by atoms with Crippen LogP contribution in [-0.2, 0) is 19.3 Å². The Morgan fingerprint density at radius 1 is 1.24 bits per heavy atom. The molecule has 2 heterocycles. The minimum atomic E-state index is -4.43. The third-order valence-electron chi connectivity index (χ3n) is 5.68. The van der Waals surface area contributed by atoms with Crippen molar-refractivity contribution in [3.05, 3.63) is 53.2 Å². The van der Waals surface area contributed by atoms with E-state index in [0.29, 0.717) is 24.5 Å². The Hall–Kier alpha value is -2.43. The van der Waals surface area contributed by atoms with Crippen LogP contribution in [0.4, 0.5) is 13.2 Å². The summed E-state index contributed by atoms with van der Waals surface area (Å²) in [5, 5.41) is 12.7. The molecule has 1 fully saturated rings. The number of aromatic nitrogens is 1. The molecule has 2 aromatic rings. The molecule has 1 aliphatic rings. The van der Waals surface area contributed by atoms with E-state index in [1.165, 1.54) is 18.4 Å². The van der Waals surface area contributed by atoms with E-state index in [2.05, 4.69) is 27.0 Å². The number of aliphatic hydroxyl groups excluding tert-OH is 1. The maximum absolute atomic E-state index is 12.8. The summed E-state index contributed by atoms with van der Waals surface area (Å²) >= 11 is 0. The van der Waals surface area contributed by atoms with E-state index in [1.807, 2.05) is 0 Å². The highest BCUT2D eigenvalue weighted by molar-refractivity contribution is 5.91. The number of halogens is 3. The SMILES string of the molecule is CCCC[C@H](O)CN1CCN(Cc2nc(C(=O)NCc3cccc(C(F)(F)F)c3)co2)CC1. The molecule has 2 N–H and O–H groups in total. The van der Waals surface area contributed by atoms with Crippen molar-refractivity contribution < 1.29 is 27.5 Å². The maximum atomic E-state index is 12.8. The number of hydrogen-bond donors (Lipinski definition) is 2. The summed E-state index contributed by atoms with van der Waals surface area (Å²) in [5.41, 5.74) is -0.317. The van der Waals surface area contributed by atoms with Gasteiger partial charge in [-0.15, -0.1) is 0 Å². The highest BCUT2D eigenvalue weighted by Crippen LogP contribution is 2.29. The van der Waals surface area contributed by atoms with Gasteiger partial charge in [0, 0.05) is 39.3 Å². The number of carbonyl (C=O) groups is 1. The molecule has 182 valence electrons. The van der Waals surface area contributed by atoms with E-state index in [4.69, 9.17) is 4.42 Å². The number of aliphatic hydroxyl groups is 1. The number of nitrogens with zero attached hydrogens (tertiary/aromatic N) is 3. The lowest BCUT2D eigenvalue weighted by molar-refractivity contribution is -0.137. The molecule has 0 spiro atoms. The third-order valence-corrected chi connectivity index (χ3v) is 5.68. The molecule has 3 rings (SSSR count). The van der Waals surface area contributed by atoms with Gasteiger partial charge in [-0.25, -0.2) is 4.98 Å². The van der Waals surface area contributed by atoms with E-state index in [9.17, 15) is 23.1 Å². The van der Waals surface area contributed by atoms with Crippen LogP contribution in [0.1, 0.15) is 53.7 Å². The molecule has 1 aliphatic heterocycles. The molecule has 33 heavy (non-hydrogen) atoms. The molecule has 1 atom stereocenters. The number of carbonyl (C=O) groups excluding carboxylic acids is 1. The number of rotatable bonds is 10. The van der Waals surface area contributed by atoms with Crippen molar-refractivity contribution in [3.63, 3.8) is 0 Å². The fourth-order valence-corrected chi connectivity index (χ4v) is 3.77. The fourth-order valence-electron chi connectivity index (χ4n) is 3.77. The summed E-state index contributed by atoms with van der Waals surface area (Å²) in [7, 11) is 0. The van der Waals surface area contributed by atoms with Crippen LogP contribution >= 0.6 is 0 Å². The van der Waals surface area contributed by atoms with Crippen molar-refractivity contribution >= 4 is 5.91 Å². The Bertz CT molecular complexity index is 895. The molecule has 0 unspecified atom stereocenters. The first kappa shape index (κ1) is 25.2. The van der Waals surface area contributed by atoms with Crippen LogP contribution in [0, 0.1) is 0 Å². The zero-order chi connectivity index (χ0) is 23.8. The van der Waals surface area contributed by atoms with Crippen molar-refractivity contribution in [2.75, 3.05) is 32.7 Å². The molecule has 1 aromatic heterocycles. The van der Waals surface area contributed by atoms with E-state index in [-0.39, 0.29) is 18.3 Å². The monoisotopic (exact) mass is 468 g/mol. The first-order chi connectivity index (χ1) is 15.7. The average Bonchev–Trinajstić information content (AvgIpc) is 3.25. The molecule has 10 heteroatoms. The second-order valence-electron chi connectivity index (χ2n) is 8.38. The van der Waals surface area contributed by atoms with Gasteiger partial charge >= 0.3 is 6.18 Å². The van der Waals surface area contributed by atoms with Gasteiger partial charge in [-0.3, -0.25) is 14.6 Å². The van der Waals surface area contributed by atoms with Gasteiger partial charge in [-0.05, 0) is 24.1 Å². The second kappa shape index (κ2) is 11.6. The highest BCUT2D eigenvalue weighted by atomic mass is 19.4. The van der Waals surface area contributed by atoms with Gasteiger partial charge in [0.25, 0.3) is 5.91 Å². The summed E-state index contributed by atoms with van der Waals surface area (Å²) in [6.45, 7) is 6.51. The van der Waals surface area contributed by atoms with Crippen LogP contribution in [0.5, 0.6) is 0 Å². The topological polar surface area (TPSA) is 81.8 Å². The zero-order valence-corrected chi connectivity index (χ0v) is 18.8. The number of nitrogens with one attached hydrogen (secondary N) is 1. The van der Waals surface area contributed by atoms with Crippen LogP contribution in [0.15, 0.2) is 34.9 Å². The quantitative estimate of drug-likeness (QED) is 0.557. The fraction of sp³-hybridized carbons (Fsp3) is 0.565. The van der Waals surface area contributed by atoms with Crippen molar-refractivity contribution in [1.29, 1.82) is 0 Å². The standard InChI is InChI=1S/C23H31F3N4O3/c1-2-3-7-19(31)14-29-8-10-30(11-9-29)15-21-28-20(16-33-21)22(32)27-13-17-5-4-6-18(12-17)23(24,25)26/h4-6,12,16,19,31H,2-3,7-11,13-15H2,1H3,(H,27,32)/t19-/m0/s1. The van der Waals surface area contributed by atoms with Crippen molar-refractivity contribution in [2.45, 2.75) is 51.6 Å². The first-order valence-electron chi connectivity index (χ1n) is 11.3. The van der Waals surface area contributed by atoms with Gasteiger partial charge in [0.2, 0.25) is 5.89 Å². The molecular formula is C23H31F3N4O3. The summed E-state index contributed by atoms with van der Waals surface area (Å²) in [5.74, 6) is -0.0936. The zero-order valence-electron chi connectivity index (χ0n) is 18.8. The summed E-state index contributed by atoms with van der Waals surface area (Å²) in [6.07, 6.45) is -0.530. The average molecular weight is 469 g/mol. The van der Waals surface area contributed by atoms with Crippen molar-refractivity contribution in [2.24, 2.45) is 0 Å². The Morgan fingerprint density at radius 3 is 2.67 bits per heavy atom. The predicted molar refractivity (Wildman–Crippen MR) is 116 cm³/mol. The maximum Gasteiger partial charge on any atom is 0.416 e. The summed E-state index contributed by atoms with van der Waals surface area (Å²) in [4.78, 5) is 21.0. The number of oxazole rings is 1. The van der Waals surface area contributed by atoms with Gasteiger partial charge in [-0.2, -0.15) is 13.2 Å². The molecule has 7 nitrogen and oxygen atoms in total. The molecule has 1 amide bonds. The Morgan fingerprint density at radius 2 is 1.97 bits per heavy atom. The number of hydrogen-bond acceptors (Lipinski definition) is 6. The number of benzene rings is 1. The number of piperazine rings is 1. The van der Waals surface area contributed by atoms with Gasteiger partial charge in [0.15, 0.2) is 5.69 Å². The van der Waals surface area contributed by atoms with Crippen LogP contribution in [0.2, 0.25) is 0 Å². The first-order valence-corrected chi connectivity index (χ1v) is 11.3. The Labute approximate surface area is 191 Å². The smallest absolute Gasteiger partial charge is 0.416 e.